The molecule has 0 saturated heterocycles. The van der Waals surface area contributed by atoms with Gasteiger partial charge in [0.25, 0.3) is 0 Å². The van der Waals surface area contributed by atoms with Gasteiger partial charge >= 0.3 is 0 Å². The summed E-state index contributed by atoms with van der Waals surface area (Å²) in [5.74, 6) is 0.0839. The van der Waals surface area contributed by atoms with Gasteiger partial charge in [0.15, 0.2) is 0 Å². The maximum atomic E-state index is 11.2. The first-order valence-electron chi connectivity index (χ1n) is 5.35. The average Bonchev–Trinajstić information content (AvgIpc) is 2.23. The first-order valence-corrected chi connectivity index (χ1v) is 5.35. The number of carbonyl (C=O) groups is 1. The zero-order valence-electron chi connectivity index (χ0n) is 9.79. The Morgan fingerprint density at radius 2 is 2.20 bits per heavy atom. The van der Waals surface area contributed by atoms with E-state index >= 15 is 0 Å². The molecule has 0 aliphatic heterocycles. The van der Waals surface area contributed by atoms with E-state index in [1.807, 2.05) is 7.05 Å². The highest BCUT2D eigenvalue weighted by Crippen LogP contribution is 1.86. The van der Waals surface area contributed by atoms with Crippen molar-refractivity contribution in [3.05, 3.63) is 0 Å². The Kier molecular flexibility index (Phi) is 9.46. The highest BCUT2D eigenvalue weighted by Gasteiger charge is 2.01. The topological polar surface area (TPSA) is 67.6 Å². The Balaban J connectivity index is 3.31. The van der Waals surface area contributed by atoms with Crippen molar-refractivity contribution in [2.24, 2.45) is 5.73 Å². The van der Waals surface area contributed by atoms with E-state index in [1.54, 1.807) is 7.11 Å². The summed E-state index contributed by atoms with van der Waals surface area (Å²) in [6.45, 7) is 3.70. The number of methoxy groups -OCH3 is 1. The minimum Gasteiger partial charge on any atom is -0.383 e. The summed E-state index contributed by atoms with van der Waals surface area (Å²) in [4.78, 5) is 13.3. The molecule has 0 bridgehead atoms. The molecule has 0 unspecified atom stereocenters. The average molecular weight is 217 g/mol. The standard InChI is InChI=1S/C10H23N3O2/c1-13(8-9-15-2)7-6-12-10(14)4-3-5-11/h3-9,11H2,1-2H3,(H,12,14). The number of likely N-dealkylation sites (N-methyl/N-ethyl adjacent to an activating group) is 1. The van der Waals surface area contributed by atoms with Crippen LogP contribution in [0.25, 0.3) is 0 Å². The van der Waals surface area contributed by atoms with Crippen LogP contribution in [0, 0.1) is 0 Å². The number of rotatable bonds is 9. The van der Waals surface area contributed by atoms with Crippen molar-refractivity contribution in [1.82, 2.24) is 10.2 Å². The number of hydrogen-bond acceptors (Lipinski definition) is 4. The second kappa shape index (κ2) is 9.89. The van der Waals surface area contributed by atoms with E-state index in [4.69, 9.17) is 10.5 Å². The first-order chi connectivity index (χ1) is 7.20. The Morgan fingerprint density at radius 3 is 2.80 bits per heavy atom. The number of carbonyl (C=O) groups excluding carboxylic acids is 1. The minimum atomic E-state index is 0.0839. The summed E-state index contributed by atoms with van der Waals surface area (Å²) in [5, 5.41) is 2.85. The van der Waals surface area contributed by atoms with Crippen molar-refractivity contribution in [2.75, 3.05) is 46.9 Å². The molecule has 0 rings (SSSR count). The predicted octanol–water partition coefficient (Wildman–Crippen LogP) is -0.580. The monoisotopic (exact) mass is 217 g/mol. The highest BCUT2D eigenvalue weighted by molar-refractivity contribution is 5.75. The second-order valence-electron chi connectivity index (χ2n) is 3.54. The van der Waals surface area contributed by atoms with Crippen LogP contribution in [-0.2, 0) is 9.53 Å². The molecule has 0 aliphatic carbocycles. The Labute approximate surface area is 91.9 Å². The Morgan fingerprint density at radius 1 is 1.47 bits per heavy atom. The van der Waals surface area contributed by atoms with Crippen LogP contribution in [0.3, 0.4) is 0 Å². The largest absolute Gasteiger partial charge is 0.383 e. The van der Waals surface area contributed by atoms with Crippen LogP contribution >= 0.6 is 0 Å². The predicted molar refractivity (Wildman–Crippen MR) is 60.7 cm³/mol. The highest BCUT2D eigenvalue weighted by atomic mass is 16.5. The summed E-state index contributed by atoms with van der Waals surface area (Å²) in [7, 11) is 3.69. The number of ether oxygens (including phenoxy) is 1. The zero-order valence-corrected chi connectivity index (χ0v) is 9.79. The van der Waals surface area contributed by atoms with Crippen molar-refractivity contribution in [3.63, 3.8) is 0 Å². The summed E-state index contributed by atoms with van der Waals surface area (Å²) < 4.78 is 4.95. The van der Waals surface area contributed by atoms with E-state index in [-0.39, 0.29) is 5.91 Å². The van der Waals surface area contributed by atoms with Gasteiger partial charge < -0.3 is 20.7 Å². The van der Waals surface area contributed by atoms with Gasteiger partial charge in [-0.1, -0.05) is 0 Å². The molecule has 0 aromatic rings. The lowest BCUT2D eigenvalue weighted by Crippen LogP contribution is -2.34. The summed E-state index contributed by atoms with van der Waals surface area (Å²) in [6.07, 6.45) is 1.28. The van der Waals surface area contributed by atoms with Crippen LogP contribution in [0.5, 0.6) is 0 Å². The van der Waals surface area contributed by atoms with Gasteiger partial charge in [-0.3, -0.25) is 4.79 Å². The summed E-state index contributed by atoms with van der Waals surface area (Å²) >= 11 is 0. The minimum absolute atomic E-state index is 0.0839. The van der Waals surface area contributed by atoms with Gasteiger partial charge in [0, 0.05) is 33.2 Å². The maximum Gasteiger partial charge on any atom is 0.220 e. The van der Waals surface area contributed by atoms with Crippen molar-refractivity contribution < 1.29 is 9.53 Å². The van der Waals surface area contributed by atoms with Gasteiger partial charge in [-0.15, -0.1) is 0 Å². The maximum absolute atomic E-state index is 11.2. The van der Waals surface area contributed by atoms with Gasteiger partial charge in [-0.25, -0.2) is 0 Å². The first kappa shape index (κ1) is 14.3. The van der Waals surface area contributed by atoms with Gasteiger partial charge in [-0.2, -0.15) is 0 Å². The molecule has 15 heavy (non-hydrogen) atoms. The van der Waals surface area contributed by atoms with Crippen molar-refractivity contribution in [2.45, 2.75) is 12.8 Å². The zero-order chi connectivity index (χ0) is 11.5. The molecule has 0 heterocycles. The molecule has 0 atom stereocenters. The normalized spacial score (nSPS) is 10.7. The molecule has 90 valence electrons. The molecule has 5 heteroatoms. The number of nitrogens with two attached hydrogens (primary N) is 1. The molecule has 0 aromatic carbocycles. The van der Waals surface area contributed by atoms with E-state index in [9.17, 15) is 4.79 Å². The number of hydrogen-bond donors (Lipinski definition) is 2. The molecule has 0 aromatic heterocycles. The van der Waals surface area contributed by atoms with Gasteiger partial charge in [-0.05, 0) is 20.0 Å². The van der Waals surface area contributed by atoms with E-state index < -0.39 is 0 Å². The fraction of sp³-hybridized carbons (Fsp3) is 0.900. The summed E-state index contributed by atoms with van der Waals surface area (Å²) in [6, 6.07) is 0. The number of amides is 1. The van der Waals surface area contributed by atoms with Crippen LogP contribution in [-0.4, -0.2) is 57.8 Å². The fourth-order valence-corrected chi connectivity index (χ4v) is 1.10. The molecule has 0 radical (unpaired) electrons. The lowest BCUT2D eigenvalue weighted by Gasteiger charge is -2.16. The fourth-order valence-electron chi connectivity index (χ4n) is 1.10. The van der Waals surface area contributed by atoms with Crippen LogP contribution in [0.15, 0.2) is 0 Å². The SMILES string of the molecule is COCCN(C)CCNC(=O)CCCN. The van der Waals surface area contributed by atoms with Crippen molar-refractivity contribution in [1.29, 1.82) is 0 Å². The van der Waals surface area contributed by atoms with E-state index in [0.717, 1.165) is 26.1 Å². The molecular formula is C10H23N3O2. The van der Waals surface area contributed by atoms with Crippen molar-refractivity contribution >= 4 is 5.91 Å². The van der Waals surface area contributed by atoms with Crippen LogP contribution in [0.4, 0.5) is 0 Å². The third-order valence-corrected chi connectivity index (χ3v) is 2.10. The number of nitrogens with one attached hydrogen (secondary N) is 1. The van der Waals surface area contributed by atoms with Gasteiger partial charge in [0.2, 0.25) is 5.91 Å². The van der Waals surface area contributed by atoms with Crippen LogP contribution in [0.1, 0.15) is 12.8 Å². The van der Waals surface area contributed by atoms with Gasteiger partial charge in [0.05, 0.1) is 6.61 Å². The second-order valence-corrected chi connectivity index (χ2v) is 3.54. The molecular weight excluding hydrogens is 194 g/mol. The third kappa shape index (κ3) is 9.65. The van der Waals surface area contributed by atoms with Crippen LogP contribution < -0.4 is 11.1 Å². The number of nitrogens with zero attached hydrogens (tertiary/aromatic N) is 1. The molecule has 0 aliphatic rings. The smallest absolute Gasteiger partial charge is 0.220 e. The van der Waals surface area contributed by atoms with Crippen LogP contribution in [0.2, 0.25) is 0 Å². The molecule has 0 spiro atoms. The molecule has 5 nitrogen and oxygen atoms in total. The van der Waals surface area contributed by atoms with E-state index in [0.29, 0.717) is 19.5 Å². The van der Waals surface area contributed by atoms with Crippen molar-refractivity contribution in [3.8, 4) is 0 Å². The molecule has 1 amide bonds. The molecule has 3 N–H and O–H groups in total. The molecule has 0 fully saturated rings. The van der Waals surface area contributed by atoms with E-state index in [2.05, 4.69) is 10.2 Å². The third-order valence-electron chi connectivity index (χ3n) is 2.10. The van der Waals surface area contributed by atoms with E-state index in [1.165, 1.54) is 0 Å². The summed E-state index contributed by atoms with van der Waals surface area (Å²) in [5.41, 5.74) is 5.31. The Hall–Kier alpha value is -0.650. The Bertz CT molecular complexity index is 165. The lowest BCUT2D eigenvalue weighted by molar-refractivity contribution is -0.121. The molecule has 0 saturated carbocycles. The lowest BCUT2D eigenvalue weighted by atomic mass is 10.3. The van der Waals surface area contributed by atoms with Gasteiger partial charge in [0.1, 0.15) is 0 Å². The quantitative estimate of drug-likeness (QED) is 0.542.